The summed E-state index contributed by atoms with van der Waals surface area (Å²) in [5, 5.41) is 15.4. The van der Waals surface area contributed by atoms with Crippen LogP contribution in [-0.2, 0) is 4.79 Å². The minimum atomic E-state index is 0.0751. The lowest BCUT2D eigenvalue weighted by molar-refractivity contribution is -0.118. The Labute approximate surface area is 150 Å². The molecule has 0 radical (unpaired) electrons. The quantitative estimate of drug-likeness (QED) is 0.731. The lowest BCUT2D eigenvalue weighted by Crippen LogP contribution is -2.33. The molecule has 1 fully saturated rings. The van der Waals surface area contributed by atoms with Gasteiger partial charge in [0, 0.05) is 12.2 Å². The number of aryl methyl sites for hydroxylation is 1. The van der Waals surface area contributed by atoms with E-state index in [1.54, 1.807) is 0 Å². The van der Waals surface area contributed by atoms with Crippen molar-refractivity contribution in [2.75, 3.05) is 17.6 Å². The summed E-state index contributed by atoms with van der Waals surface area (Å²) in [6.45, 7) is 4.99. The van der Waals surface area contributed by atoms with Gasteiger partial charge in [0.25, 0.3) is 0 Å². The number of hydrogen-bond donors (Lipinski definition) is 2. The summed E-state index contributed by atoms with van der Waals surface area (Å²) in [5.74, 6) is 1.16. The Morgan fingerprint density at radius 3 is 2.92 bits per heavy atom. The first-order chi connectivity index (χ1) is 11.6. The van der Waals surface area contributed by atoms with Gasteiger partial charge >= 0.3 is 0 Å². The maximum absolute atomic E-state index is 11.8. The van der Waals surface area contributed by atoms with E-state index in [4.69, 9.17) is 0 Å². The highest BCUT2D eigenvalue weighted by Gasteiger charge is 2.18. The maximum atomic E-state index is 11.8. The van der Waals surface area contributed by atoms with Crippen molar-refractivity contribution in [3.05, 3.63) is 29.3 Å². The van der Waals surface area contributed by atoms with E-state index in [0.29, 0.717) is 11.7 Å². The molecule has 0 unspecified atom stereocenters. The Hall–Kier alpha value is -1.60. The number of nitrogens with zero attached hydrogens (tertiary/aromatic N) is 2. The number of anilines is 2. The van der Waals surface area contributed by atoms with Crippen molar-refractivity contribution in [3.8, 4) is 0 Å². The molecule has 1 aromatic carbocycles. The van der Waals surface area contributed by atoms with Gasteiger partial charge < -0.3 is 10.6 Å². The Balaban J connectivity index is 1.48. The average molecular weight is 363 g/mol. The third kappa shape index (κ3) is 4.48. The van der Waals surface area contributed by atoms with E-state index in [0.717, 1.165) is 21.7 Å². The number of nitrogens with one attached hydrogen (secondary N) is 2. The number of benzene rings is 1. The Bertz CT molecular complexity index is 712. The van der Waals surface area contributed by atoms with Crippen molar-refractivity contribution < 1.29 is 4.79 Å². The summed E-state index contributed by atoms with van der Waals surface area (Å²) in [5.41, 5.74) is 3.49. The number of rotatable bonds is 7. The van der Waals surface area contributed by atoms with Crippen LogP contribution in [0.2, 0.25) is 0 Å². The van der Waals surface area contributed by atoms with E-state index in [2.05, 4.69) is 40.7 Å². The molecule has 3 rings (SSSR count). The zero-order valence-corrected chi connectivity index (χ0v) is 15.6. The number of amides is 1. The predicted molar refractivity (Wildman–Crippen MR) is 100 cm³/mol. The van der Waals surface area contributed by atoms with E-state index in [1.807, 2.05) is 12.1 Å². The van der Waals surface area contributed by atoms with Gasteiger partial charge in [-0.15, -0.1) is 10.2 Å². The Morgan fingerprint density at radius 1 is 1.33 bits per heavy atom. The fourth-order valence-electron chi connectivity index (χ4n) is 2.45. The largest absolute Gasteiger partial charge is 0.355 e. The zero-order valence-electron chi connectivity index (χ0n) is 14.0. The van der Waals surface area contributed by atoms with E-state index in [9.17, 15) is 4.79 Å². The number of thioether (sulfide) groups is 1. The van der Waals surface area contributed by atoms with Crippen LogP contribution in [0.1, 0.15) is 30.4 Å². The first kappa shape index (κ1) is 17.2. The van der Waals surface area contributed by atoms with Crippen LogP contribution in [-0.4, -0.2) is 28.4 Å². The van der Waals surface area contributed by atoms with Crippen molar-refractivity contribution in [2.45, 2.75) is 37.4 Å². The summed E-state index contributed by atoms with van der Waals surface area (Å²) >= 11 is 2.91. The molecule has 0 saturated heterocycles. The third-order valence-corrected chi connectivity index (χ3v) is 6.36. The molecule has 2 aromatic rings. The molecule has 0 spiro atoms. The van der Waals surface area contributed by atoms with Crippen LogP contribution in [0.5, 0.6) is 0 Å². The summed E-state index contributed by atoms with van der Waals surface area (Å²) in [7, 11) is 0. The molecule has 1 aliphatic carbocycles. The lowest BCUT2D eigenvalue weighted by Gasteiger charge is -2.25. The highest BCUT2D eigenvalue weighted by molar-refractivity contribution is 8.01. The minimum Gasteiger partial charge on any atom is -0.355 e. The molecule has 128 valence electrons. The fourth-order valence-corrected chi connectivity index (χ4v) is 4.05. The average Bonchev–Trinajstić information content (AvgIpc) is 2.96. The molecular weight excluding hydrogens is 340 g/mol. The molecule has 1 heterocycles. The molecule has 5 nitrogen and oxygen atoms in total. The summed E-state index contributed by atoms with van der Waals surface area (Å²) in [4.78, 5) is 11.8. The van der Waals surface area contributed by atoms with Crippen LogP contribution in [0.4, 0.5) is 10.8 Å². The molecule has 0 atom stereocenters. The van der Waals surface area contributed by atoms with Crippen LogP contribution in [0.25, 0.3) is 0 Å². The normalized spacial score (nSPS) is 14.2. The van der Waals surface area contributed by atoms with Crippen LogP contribution in [0.15, 0.2) is 22.5 Å². The molecule has 1 saturated carbocycles. The Kier molecular flexibility index (Phi) is 5.73. The number of aromatic nitrogens is 2. The van der Waals surface area contributed by atoms with E-state index in [1.165, 1.54) is 53.5 Å². The summed E-state index contributed by atoms with van der Waals surface area (Å²) in [6.07, 6.45) is 3.80. The molecule has 0 bridgehead atoms. The van der Waals surface area contributed by atoms with Gasteiger partial charge in [-0.25, -0.2) is 0 Å². The molecule has 7 heteroatoms. The van der Waals surface area contributed by atoms with Crippen molar-refractivity contribution in [2.24, 2.45) is 5.92 Å². The lowest BCUT2D eigenvalue weighted by atomic mass is 9.85. The molecule has 0 aliphatic heterocycles. The van der Waals surface area contributed by atoms with E-state index >= 15 is 0 Å². The molecular formula is C17H22N4OS2. The van der Waals surface area contributed by atoms with Gasteiger partial charge in [-0.3, -0.25) is 4.79 Å². The number of hydrogen-bond acceptors (Lipinski definition) is 6. The van der Waals surface area contributed by atoms with Crippen molar-refractivity contribution in [3.63, 3.8) is 0 Å². The van der Waals surface area contributed by atoms with Crippen LogP contribution in [0.3, 0.4) is 0 Å². The van der Waals surface area contributed by atoms with Gasteiger partial charge in [-0.2, -0.15) is 0 Å². The predicted octanol–water partition coefficient (Wildman–Crippen LogP) is 3.91. The molecule has 1 aliphatic rings. The highest BCUT2D eigenvalue weighted by atomic mass is 32.2. The van der Waals surface area contributed by atoms with Gasteiger partial charge in [-0.05, 0) is 49.8 Å². The third-order valence-electron chi connectivity index (χ3n) is 4.39. The second kappa shape index (κ2) is 7.98. The van der Waals surface area contributed by atoms with Crippen molar-refractivity contribution >= 4 is 39.8 Å². The first-order valence-electron chi connectivity index (χ1n) is 8.18. The number of carbonyl (C=O) groups is 1. The molecule has 2 N–H and O–H groups in total. The summed E-state index contributed by atoms with van der Waals surface area (Å²) in [6, 6.07) is 6.14. The zero-order chi connectivity index (χ0) is 16.9. The molecule has 1 amide bonds. The first-order valence-corrected chi connectivity index (χ1v) is 9.98. The van der Waals surface area contributed by atoms with Gasteiger partial charge in [0.05, 0.1) is 5.75 Å². The minimum absolute atomic E-state index is 0.0751. The maximum Gasteiger partial charge on any atom is 0.230 e. The second-order valence-electron chi connectivity index (χ2n) is 6.14. The van der Waals surface area contributed by atoms with Gasteiger partial charge in [0.2, 0.25) is 11.0 Å². The monoisotopic (exact) mass is 362 g/mol. The molecule has 1 aromatic heterocycles. The summed E-state index contributed by atoms with van der Waals surface area (Å²) < 4.78 is 0.807. The van der Waals surface area contributed by atoms with Gasteiger partial charge in [0.1, 0.15) is 0 Å². The van der Waals surface area contributed by atoms with Gasteiger partial charge in [-0.1, -0.05) is 41.7 Å². The Morgan fingerprint density at radius 2 is 2.17 bits per heavy atom. The number of carbonyl (C=O) groups excluding carboxylic acids is 1. The standard InChI is InChI=1S/C17H22N4OS2/c1-11-5-3-8-14(12(11)2)19-16-20-21-17(24-16)23-10-15(22)18-9-13-6-4-7-13/h3,5,8,13H,4,6-7,9-10H2,1-2H3,(H,18,22)(H,19,20). The van der Waals surface area contributed by atoms with E-state index in [-0.39, 0.29) is 5.91 Å². The second-order valence-corrected chi connectivity index (χ2v) is 8.34. The van der Waals surface area contributed by atoms with Crippen molar-refractivity contribution in [1.29, 1.82) is 0 Å². The smallest absolute Gasteiger partial charge is 0.230 e. The SMILES string of the molecule is Cc1cccc(Nc2nnc(SCC(=O)NCC3CCC3)s2)c1C. The van der Waals surface area contributed by atoms with Gasteiger partial charge in [0.15, 0.2) is 4.34 Å². The molecule has 24 heavy (non-hydrogen) atoms. The fraction of sp³-hybridized carbons (Fsp3) is 0.471. The van der Waals surface area contributed by atoms with Crippen LogP contribution in [0, 0.1) is 19.8 Å². The van der Waals surface area contributed by atoms with Crippen LogP contribution < -0.4 is 10.6 Å². The van der Waals surface area contributed by atoms with E-state index < -0.39 is 0 Å². The topological polar surface area (TPSA) is 66.9 Å². The highest BCUT2D eigenvalue weighted by Crippen LogP contribution is 2.29. The van der Waals surface area contributed by atoms with Crippen LogP contribution >= 0.6 is 23.1 Å². The van der Waals surface area contributed by atoms with Crippen molar-refractivity contribution in [1.82, 2.24) is 15.5 Å².